The van der Waals surface area contributed by atoms with Gasteiger partial charge in [-0.2, -0.15) is 13.2 Å². The van der Waals surface area contributed by atoms with E-state index in [1.165, 1.54) is 19.3 Å². The zero-order chi connectivity index (χ0) is 15.9. The van der Waals surface area contributed by atoms with Gasteiger partial charge in [-0.05, 0) is 11.5 Å². The van der Waals surface area contributed by atoms with Crippen LogP contribution in [0.4, 0.5) is 13.2 Å². The van der Waals surface area contributed by atoms with Gasteiger partial charge in [-0.25, -0.2) is 0 Å². The Morgan fingerprint density at radius 3 is 2.19 bits per heavy atom. The third kappa shape index (κ3) is 5.89. The highest BCUT2D eigenvalue weighted by molar-refractivity contribution is 5.21. The van der Waals surface area contributed by atoms with Crippen molar-refractivity contribution >= 4 is 0 Å². The number of benzene rings is 1. The van der Waals surface area contributed by atoms with E-state index in [0.29, 0.717) is 0 Å². The third-order valence-corrected chi connectivity index (χ3v) is 3.08. The highest BCUT2D eigenvalue weighted by Gasteiger charge is 2.39. The van der Waals surface area contributed by atoms with Gasteiger partial charge >= 0.3 is 6.18 Å². The van der Waals surface area contributed by atoms with Gasteiger partial charge in [-0.3, -0.25) is 0 Å². The van der Waals surface area contributed by atoms with Crippen molar-refractivity contribution in [1.29, 1.82) is 0 Å². The molecular formula is C16H21F3O2. The summed E-state index contributed by atoms with van der Waals surface area (Å²) in [5, 5.41) is 0. The minimum absolute atomic E-state index is 0.0161. The number of hydrogen-bond donors (Lipinski definition) is 0. The van der Waals surface area contributed by atoms with E-state index in [2.05, 4.69) is 0 Å². The minimum Gasteiger partial charge on any atom is -0.359 e. The number of alkyl halides is 3. The molecule has 0 aromatic heterocycles. The number of methoxy groups -OCH3 is 1. The van der Waals surface area contributed by atoms with Crippen molar-refractivity contribution in [2.45, 2.75) is 26.1 Å². The van der Waals surface area contributed by atoms with E-state index in [1.807, 2.05) is 30.3 Å². The first kappa shape index (κ1) is 17.7. The Morgan fingerprint density at radius 1 is 1.10 bits per heavy atom. The van der Waals surface area contributed by atoms with E-state index < -0.39 is 24.1 Å². The van der Waals surface area contributed by atoms with Gasteiger partial charge in [0.05, 0.1) is 5.92 Å². The van der Waals surface area contributed by atoms with Crippen LogP contribution in [0.25, 0.3) is 0 Å². The average molecular weight is 302 g/mol. The molecule has 0 fully saturated rings. The number of ether oxygens (including phenoxy) is 2. The van der Waals surface area contributed by atoms with Crippen LogP contribution in [-0.4, -0.2) is 20.1 Å². The molecule has 2 atom stereocenters. The lowest BCUT2D eigenvalue weighted by Gasteiger charge is -2.21. The van der Waals surface area contributed by atoms with Crippen LogP contribution in [0.2, 0.25) is 0 Å². The van der Waals surface area contributed by atoms with E-state index in [0.717, 1.165) is 5.56 Å². The van der Waals surface area contributed by atoms with Crippen LogP contribution in [0.3, 0.4) is 0 Å². The highest BCUT2D eigenvalue weighted by atomic mass is 19.4. The van der Waals surface area contributed by atoms with Crippen LogP contribution in [0.5, 0.6) is 0 Å². The summed E-state index contributed by atoms with van der Waals surface area (Å²) in [5.41, 5.74) is 0.787. The summed E-state index contributed by atoms with van der Waals surface area (Å²) in [5.74, 6) is -2.02. The molecule has 118 valence electrons. The third-order valence-electron chi connectivity index (χ3n) is 3.08. The Labute approximate surface area is 123 Å². The number of hydrogen-bond acceptors (Lipinski definition) is 2. The van der Waals surface area contributed by atoms with Crippen molar-refractivity contribution < 1.29 is 22.6 Å². The topological polar surface area (TPSA) is 18.5 Å². The molecule has 21 heavy (non-hydrogen) atoms. The predicted octanol–water partition coefficient (Wildman–Crippen LogP) is 4.74. The molecule has 0 bridgehead atoms. The first-order chi connectivity index (χ1) is 9.86. The van der Waals surface area contributed by atoms with Crippen molar-refractivity contribution in [2.75, 3.05) is 13.9 Å². The van der Waals surface area contributed by atoms with Gasteiger partial charge in [0.1, 0.15) is 12.9 Å². The SMILES string of the molecule is COCO[C@@H](/C=C/C(C(C)C)C(F)(F)F)c1ccccc1. The molecule has 1 aromatic rings. The molecule has 1 aromatic carbocycles. The maximum atomic E-state index is 13.0. The molecule has 0 aliphatic heterocycles. The van der Waals surface area contributed by atoms with Crippen molar-refractivity contribution in [3.05, 3.63) is 48.0 Å². The molecular weight excluding hydrogens is 281 g/mol. The van der Waals surface area contributed by atoms with Crippen molar-refractivity contribution in [3.8, 4) is 0 Å². The fourth-order valence-corrected chi connectivity index (χ4v) is 1.98. The molecule has 5 heteroatoms. The summed E-state index contributed by atoms with van der Waals surface area (Å²) < 4.78 is 49.2. The van der Waals surface area contributed by atoms with Crippen molar-refractivity contribution in [2.24, 2.45) is 11.8 Å². The van der Waals surface area contributed by atoms with Gasteiger partial charge in [-0.15, -0.1) is 0 Å². The fourth-order valence-electron chi connectivity index (χ4n) is 1.98. The number of halogens is 3. The maximum Gasteiger partial charge on any atom is 0.395 e. The average Bonchev–Trinajstić information content (AvgIpc) is 2.41. The normalized spacial score (nSPS) is 15.6. The van der Waals surface area contributed by atoms with Crippen LogP contribution in [0, 0.1) is 11.8 Å². The Kier molecular flexibility index (Phi) is 6.92. The summed E-state index contributed by atoms with van der Waals surface area (Å²) in [6.07, 6.45) is -2.19. The summed E-state index contributed by atoms with van der Waals surface area (Å²) in [7, 11) is 1.47. The smallest absolute Gasteiger partial charge is 0.359 e. The van der Waals surface area contributed by atoms with Gasteiger partial charge in [0.25, 0.3) is 0 Å². The molecule has 0 amide bonds. The Morgan fingerprint density at radius 2 is 1.71 bits per heavy atom. The molecule has 0 heterocycles. The zero-order valence-corrected chi connectivity index (χ0v) is 12.4. The highest BCUT2D eigenvalue weighted by Crippen LogP contribution is 2.34. The molecule has 2 nitrogen and oxygen atoms in total. The van der Waals surface area contributed by atoms with E-state index in [9.17, 15) is 13.2 Å². The van der Waals surface area contributed by atoms with Crippen LogP contribution in [0.15, 0.2) is 42.5 Å². The van der Waals surface area contributed by atoms with Gasteiger partial charge in [-0.1, -0.05) is 56.3 Å². The molecule has 1 rings (SSSR count). The van der Waals surface area contributed by atoms with Gasteiger partial charge in [0.15, 0.2) is 0 Å². The number of allylic oxidation sites excluding steroid dienone is 1. The van der Waals surface area contributed by atoms with Crippen molar-refractivity contribution in [1.82, 2.24) is 0 Å². The van der Waals surface area contributed by atoms with Crippen molar-refractivity contribution in [3.63, 3.8) is 0 Å². The Bertz CT molecular complexity index is 427. The second-order valence-electron chi connectivity index (χ2n) is 5.10. The summed E-state index contributed by atoms with van der Waals surface area (Å²) in [6.45, 7) is 3.12. The molecule has 0 radical (unpaired) electrons. The second-order valence-corrected chi connectivity index (χ2v) is 5.10. The van der Waals surface area contributed by atoms with Gasteiger partial charge in [0, 0.05) is 7.11 Å². The van der Waals surface area contributed by atoms with E-state index in [-0.39, 0.29) is 6.79 Å². The quantitative estimate of drug-likeness (QED) is 0.535. The maximum absolute atomic E-state index is 13.0. The summed E-state index contributed by atoms with van der Waals surface area (Å²) in [4.78, 5) is 0. The Balaban J connectivity index is 2.92. The fraction of sp³-hybridized carbons (Fsp3) is 0.500. The summed E-state index contributed by atoms with van der Waals surface area (Å²) >= 11 is 0. The van der Waals surface area contributed by atoms with E-state index >= 15 is 0 Å². The molecule has 0 saturated carbocycles. The molecule has 0 saturated heterocycles. The zero-order valence-electron chi connectivity index (χ0n) is 12.4. The number of rotatable bonds is 7. The van der Waals surface area contributed by atoms with Gasteiger partial charge < -0.3 is 9.47 Å². The van der Waals surface area contributed by atoms with Gasteiger partial charge in [0.2, 0.25) is 0 Å². The van der Waals surface area contributed by atoms with Crippen LogP contribution < -0.4 is 0 Å². The molecule has 0 aliphatic rings. The molecule has 0 aliphatic carbocycles. The summed E-state index contributed by atoms with van der Waals surface area (Å²) in [6, 6.07) is 9.09. The van der Waals surface area contributed by atoms with Crippen LogP contribution >= 0.6 is 0 Å². The Hall–Kier alpha value is -1.33. The monoisotopic (exact) mass is 302 g/mol. The molecule has 0 N–H and O–H groups in total. The first-order valence-corrected chi connectivity index (χ1v) is 6.76. The predicted molar refractivity (Wildman–Crippen MR) is 75.7 cm³/mol. The molecule has 1 unspecified atom stereocenters. The standard InChI is InChI=1S/C16H21F3O2/c1-12(2)14(16(17,18)19)9-10-15(21-11-20-3)13-7-5-4-6-8-13/h4-10,12,14-15H,11H2,1-3H3/b10-9+/t14?,15-/m0/s1. The lowest BCUT2D eigenvalue weighted by molar-refractivity contribution is -0.171. The van der Waals surface area contributed by atoms with Crippen LogP contribution in [-0.2, 0) is 9.47 Å². The second kappa shape index (κ2) is 8.20. The largest absolute Gasteiger partial charge is 0.395 e. The lowest BCUT2D eigenvalue weighted by atomic mass is 9.94. The first-order valence-electron chi connectivity index (χ1n) is 6.76. The van der Waals surface area contributed by atoms with Crippen LogP contribution in [0.1, 0.15) is 25.5 Å². The van der Waals surface area contributed by atoms with E-state index in [1.54, 1.807) is 13.8 Å². The van der Waals surface area contributed by atoms with E-state index in [4.69, 9.17) is 9.47 Å². The molecule has 0 spiro atoms. The lowest BCUT2D eigenvalue weighted by Crippen LogP contribution is -2.26. The minimum atomic E-state index is -4.26.